The molecule has 2 aromatic rings. The Kier molecular flexibility index (Phi) is 6.81. The van der Waals surface area contributed by atoms with Crippen molar-refractivity contribution in [3.05, 3.63) is 59.7 Å². The number of nitriles is 1. The second kappa shape index (κ2) is 9.70. The van der Waals surface area contributed by atoms with Crippen molar-refractivity contribution < 1.29 is 14.4 Å². The van der Waals surface area contributed by atoms with Gasteiger partial charge in [-0.3, -0.25) is 14.4 Å². The molecular weight excluding hydrogens is 380 g/mol. The number of benzene rings is 2. The van der Waals surface area contributed by atoms with Crippen LogP contribution in [-0.4, -0.2) is 60.2 Å². The topological polar surface area (TPSA) is 93.5 Å². The molecule has 0 aromatic heterocycles. The molecule has 3 rings (SSSR count). The van der Waals surface area contributed by atoms with Gasteiger partial charge in [0.05, 0.1) is 11.6 Å². The fourth-order valence-electron chi connectivity index (χ4n) is 3.54. The molecule has 0 radical (unpaired) electrons. The van der Waals surface area contributed by atoms with Crippen LogP contribution in [0.5, 0.6) is 0 Å². The zero-order valence-corrected chi connectivity index (χ0v) is 16.9. The SMILES string of the molecule is CC(=O)N1CCN(C(=O)CCNC(=O)c2ccccc2-c2ccccc2C#N)CC1. The van der Waals surface area contributed by atoms with E-state index in [-0.39, 0.29) is 30.7 Å². The summed E-state index contributed by atoms with van der Waals surface area (Å²) in [5.74, 6) is -0.305. The van der Waals surface area contributed by atoms with Crippen LogP contribution >= 0.6 is 0 Å². The average molecular weight is 404 g/mol. The molecule has 1 heterocycles. The lowest BCUT2D eigenvalue weighted by Gasteiger charge is -2.34. The molecule has 1 fully saturated rings. The molecule has 154 valence electrons. The molecule has 1 saturated heterocycles. The number of amides is 3. The highest BCUT2D eigenvalue weighted by Crippen LogP contribution is 2.26. The predicted octanol–water partition coefficient (Wildman–Crippen LogP) is 2.04. The highest BCUT2D eigenvalue weighted by atomic mass is 16.2. The van der Waals surface area contributed by atoms with Crippen LogP contribution in [-0.2, 0) is 9.59 Å². The lowest BCUT2D eigenvalue weighted by Crippen LogP contribution is -2.50. The second-order valence-corrected chi connectivity index (χ2v) is 7.10. The van der Waals surface area contributed by atoms with E-state index in [1.807, 2.05) is 24.3 Å². The first-order valence-electron chi connectivity index (χ1n) is 9.91. The Morgan fingerprint density at radius 2 is 1.53 bits per heavy atom. The van der Waals surface area contributed by atoms with Gasteiger partial charge in [0.25, 0.3) is 5.91 Å². The van der Waals surface area contributed by atoms with Gasteiger partial charge in [-0.25, -0.2) is 0 Å². The summed E-state index contributed by atoms with van der Waals surface area (Å²) in [5, 5.41) is 12.2. The summed E-state index contributed by atoms with van der Waals surface area (Å²) >= 11 is 0. The minimum absolute atomic E-state index is 0.0194. The molecule has 0 aliphatic carbocycles. The van der Waals surface area contributed by atoms with Crippen molar-refractivity contribution in [2.45, 2.75) is 13.3 Å². The van der Waals surface area contributed by atoms with Gasteiger partial charge in [0.15, 0.2) is 0 Å². The van der Waals surface area contributed by atoms with E-state index >= 15 is 0 Å². The third-order valence-electron chi connectivity index (χ3n) is 5.21. The van der Waals surface area contributed by atoms with Crippen LogP contribution in [0.3, 0.4) is 0 Å². The summed E-state index contributed by atoms with van der Waals surface area (Å²) < 4.78 is 0. The minimum Gasteiger partial charge on any atom is -0.352 e. The van der Waals surface area contributed by atoms with Crippen LogP contribution in [0.2, 0.25) is 0 Å². The first kappa shape index (κ1) is 21.1. The van der Waals surface area contributed by atoms with E-state index < -0.39 is 0 Å². The molecule has 7 heteroatoms. The van der Waals surface area contributed by atoms with Crippen molar-refractivity contribution in [2.75, 3.05) is 32.7 Å². The normalized spacial score (nSPS) is 13.5. The summed E-state index contributed by atoms with van der Waals surface area (Å²) in [5.41, 5.74) is 2.34. The first-order valence-corrected chi connectivity index (χ1v) is 9.91. The number of nitrogens with one attached hydrogen (secondary N) is 1. The van der Waals surface area contributed by atoms with Gasteiger partial charge in [0.2, 0.25) is 11.8 Å². The molecule has 1 aliphatic rings. The van der Waals surface area contributed by atoms with Crippen LogP contribution in [0.4, 0.5) is 0 Å². The summed E-state index contributed by atoms with van der Waals surface area (Å²) in [6.07, 6.45) is 0.197. The zero-order valence-electron chi connectivity index (χ0n) is 16.9. The van der Waals surface area contributed by atoms with Crippen LogP contribution < -0.4 is 5.32 Å². The Labute approximate surface area is 175 Å². The van der Waals surface area contributed by atoms with E-state index in [1.54, 1.807) is 34.1 Å². The molecule has 0 saturated carbocycles. The first-order chi connectivity index (χ1) is 14.5. The molecule has 3 amide bonds. The Bertz CT molecular complexity index is 988. The zero-order chi connectivity index (χ0) is 21.5. The summed E-state index contributed by atoms with van der Waals surface area (Å²) in [6, 6.07) is 16.4. The van der Waals surface area contributed by atoms with Crippen LogP contribution in [0.1, 0.15) is 29.3 Å². The summed E-state index contributed by atoms with van der Waals surface area (Å²) in [4.78, 5) is 40.0. The van der Waals surface area contributed by atoms with Crippen molar-refractivity contribution in [3.8, 4) is 17.2 Å². The fraction of sp³-hybridized carbons (Fsp3) is 0.304. The van der Waals surface area contributed by atoms with Crippen LogP contribution in [0.25, 0.3) is 11.1 Å². The van der Waals surface area contributed by atoms with Gasteiger partial charge in [-0.2, -0.15) is 5.26 Å². The third kappa shape index (κ3) is 4.84. The molecule has 0 spiro atoms. The number of rotatable bonds is 5. The van der Waals surface area contributed by atoms with E-state index in [9.17, 15) is 19.6 Å². The minimum atomic E-state index is -0.285. The molecule has 30 heavy (non-hydrogen) atoms. The summed E-state index contributed by atoms with van der Waals surface area (Å²) in [7, 11) is 0. The van der Waals surface area contributed by atoms with Gasteiger partial charge in [-0.05, 0) is 17.7 Å². The fourth-order valence-corrected chi connectivity index (χ4v) is 3.54. The third-order valence-corrected chi connectivity index (χ3v) is 5.21. The largest absolute Gasteiger partial charge is 0.352 e. The molecule has 0 unspecified atom stereocenters. The van der Waals surface area contributed by atoms with Gasteiger partial charge in [-0.1, -0.05) is 36.4 Å². The lowest BCUT2D eigenvalue weighted by atomic mass is 9.95. The van der Waals surface area contributed by atoms with Crippen molar-refractivity contribution in [1.82, 2.24) is 15.1 Å². The number of nitrogens with zero attached hydrogens (tertiary/aromatic N) is 3. The Morgan fingerprint density at radius 1 is 0.933 bits per heavy atom. The number of carbonyl (C=O) groups is 3. The van der Waals surface area contributed by atoms with Crippen LogP contribution in [0, 0.1) is 11.3 Å². The molecule has 1 aliphatic heterocycles. The second-order valence-electron chi connectivity index (χ2n) is 7.10. The average Bonchev–Trinajstić information content (AvgIpc) is 2.78. The Morgan fingerprint density at radius 3 is 2.20 bits per heavy atom. The van der Waals surface area contributed by atoms with E-state index in [1.165, 1.54) is 6.92 Å². The molecule has 2 aromatic carbocycles. The maximum absolute atomic E-state index is 12.8. The maximum Gasteiger partial charge on any atom is 0.251 e. The van der Waals surface area contributed by atoms with Crippen molar-refractivity contribution in [3.63, 3.8) is 0 Å². The van der Waals surface area contributed by atoms with Gasteiger partial charge in [-0.15, -0.1) is 0 Å². The van der Waals surface area contributed by atoms with E-state index in [4.69, 9.17) is 0 Å². The number of carbonyl (C=O) groups excluding carboxylic acids is 3. The van der Waals surface area contributed by atoms with Crippen molar-refractivity contribution in [1.29, 1.82) is 5.26 Å². The smallest absolute Gasteiger partial charge is 0.251 e. The quantitative estimate of drug-likeness (QED) is 0.825. The van der Waals surface area contributed by atoms with Gasteiger partial charge >= 0.3 is 0 Å². The standard InChI is InChI=1S/C23H24N4O3/c1-17(28)26-12-14-27(15-13-26)22(29)10-11-25-23(30)21-9-5-4-8-20(21)19-7-3-2-6-18(19)16-24/h2-9H,10-15H2,1H3,(H,25,30). The number of piperazine rings is 1. The van der Waals surface area contributed by atoms with E-state index in [0.29, 0.717) is 48.4 Å². The molecule has 0 bridgehead atoms. The highest BCUT2D eigenvalue weighted by Gasteiger charge is 2.22. The molecular formula is C23H24N4O3. The highest BCUT2D eigenvalue weighted by molar-refractivity contribution is 6.01. The van der Waals surface area contributed by atoms with E-state index in [0.717, 1.165) is 0 Å². The number of hydrogen-bond acceptors (Lipinski definition) is 4. The Hall–Kier alpha value is -3.66. The molecule has 1 N–H and O–H groups in total. The van der Waals surface area contributed by atoms with E-state index in [2.05, 4.69) is 11.4 Å². The van der Waals surface area contributed by atoms with Gasteiger partial charge in [0.1, 0.15) is 0 Å². The van der Waals surface area contributed by atoms with Crippen LogP contribution in [0.15, 0.2) is 48.5 Å². The molecule has 0 atom stereocenters. The van der Waals surface area contributed by atoms with Crippen molar-refractivity contribution >= 4 is 17.7 Å². The maximum atomic E-state index is 12.8. The monoisotopic (exact) mass is 404 g/mol. The predicted molar refractivity (Wildman–Crippen MR) is 112 cm³/mol. The van der Waals surface area contributed by atoms with Crippen molar-refractivity contribution in [2.24, 2.45) is 0 Å². The Balaban J connectivity index is 1.59. The molecule has 7 nitrogen and oxygen atoms in total. The number of hydrogen-bond donors (Lipinski definition) is 1. The lowest BCUT2D eigenvalue weighted by molar-refractivity contribution is -0.138. The van der Waals surface area contributed by atoms with Gasteiger partial charge in [0, 0.05) is 57.2 Å². The van der Waals surface area contributed by atoms with Gasteiger partial charge < -0.3 is 15.1 Å². The summed E-state index contributed by atoms with van der Waals surface area (Å²) in [6.45, 7) is 3.86.